The van der Waals surface area contributed by atoms with E-state index in [2.05, 4.69) is 20.8 Å². The number of unbranched alkanes of at least 4 members (excludes halogenated alkanes) is 16. The van der Waals surface area contributed by atoms with Crippen LogP contribution in [0.3, 0.4) is 0 Å². The van der Waals surface area contributed by atoms with E-state index in [1.807, 2.05) is 18.2 Å². The summed E-state index contributed by atoms with van der Waals surface area (Å²) in [5.41, 5.74) is 0. The fourth-order valence-electron chi connectivity index (χ4n) is 7.11. The second kappa shape index (κ2) is 32.7. The Hall–Kier alpha value is -1.74. The maximum Gasteiger partial charge on any atom is 0.306 e. The Morgan fingerprint density at radius 3 is 1.90 bits per heavy atom. The second-order valence-electron chi connectivity index (χ2n) is 15.6. The Bertz CT molecular complexity index is 920. The molecule has 0 aromatic heterocycles. The summed E-state index contributed by atoms with van der Waals surface area (Å²) < 4.78 is 10.6. The highest BCUT2D eigenvalue weighted by molar-refractivity contribution is 5.70. The lowest BCUT2D eigenvalue weighted by atomic mass is 9.89. The van der Waals surface area contributed by atoms with Gasteiger partial charge in [0.2, 0.25) is 0 Å². The lowest BCUT2D eigenvalue weighted by molar-refractivity contribution is -0.161. The molecule has 4 N–H and O–H groups in total. The summed E-state index contributed by atoms with van der Waals surface area (Å²) in [7, 11) is 0. The average Bonchev–Trinajstić information content (AvgIpc) is 3.40. The zero-order valence-electron chi connectivity index (χ0n) is 33.6. The smallest absolute Gasteiger partial charge is 0.306 e. The number of esters is 2. The molecule has 8 nitrogen and oxygen atoms in total. The predicted octanol–water partition coefficient (Wildman–Crippen LogP) is 9.69. The maximum absolute atomic E-state index is 12.2. The van der Waals surface area contributed by atoms with Crippen molar-refractivity contribution in [2.24, 2.45) is 17.8 Å². The molecule has 7 atom stereocenters. The van der Waals surface area contributed by atoms with E-state index in [-0.39, 0.29) is 30.8 Å². The summed E-state index contributed by atoms with van der Waals surface area (Å²) in [4.78, 5) is 24.5. The molecule has 1 aliphatic carbocycles. The molecular formula is C44H80O8. The van der Waals surface area contributed by atoms with Gasteiger partial charge in [-0.25, -0.2) is 0 Å². The number of hydrogen-bond acceptors (Lipinski definition) is 8. The largest absolute Gasteiger partial charge is 0.462 e. The van der Waals surface area contributed by atoms with Crippen LogP contribution in [0.2, 0.25) is 0 Å². The normalized spacial score (nSPS) is 20.8. The summed E-state index contributed by atoms with van der Waals surface area (Å²) in [6.07, 6.45) is 31.9. The van der Waals surface area contributed by atoms with E-state index in [1.54, 1.807) is 6.08 Å². The highest BCUT2D eigenvalue weighted by Gasteiger charge is 2.39. The van der Waals surface area contributed by atoms with Gasteiger partial charge in [-0.15, -0.1) is 0 Å². The van der Waals surface area contributed by atoms with Crippen molar-refractivity contribution in [3.8, 4) is 0 Å². The van der Waals surface area contributed by atoms with Crippen LogP contribution in [-0.4, -0.2) is 70.0 Å². The Labute approximate surface area is 318 Å². The molecular weight excluding hydrogens is 656 g/mol. The number of hydrogen-bond donors (Lipinski definition) is 4. The van der Waals surface area contributed by atoms with Crippen molar-refractivity contribution in [1.29, 1.82) is 0 Å². The van der Waals surface area contributed by atoms with Gasteiger partial charge in [-0.3, -0.25) is 9.59 Å². The van der Waals surface area contributed by atoms with E-state index < -0.39 is 37.0 Å². The minimum atomic E-state index is -0.849. The van der Waals surface area contributed by atoms with Crippen molar-refractivity contribution < 1.29 is 39.5 Å². The molecule has 52 heavy (non-hydrogen) atoms. The van der Waals surface area contributed by atoms with E-state index in [4.69, 9.17) is 9.47 Å². The van der Waals surface area contributed by atoms with Crippen molar-refractivity contribution in [2.75, 3.05) is 13.2 Å². The van der Waals surface area contributed by atoms with Crippen LogP contribution in [0.25, 0.3) is 0 Å². The third-order valence-electron chi connectivity index (χ3n) is 10.9. The summed E-state index contributed by atoms with van der Waals surface area (Å²) in [5.74, 6) is -0.198. The Morgan fingerprint density at radius 1 is 0.731 bits per heavy atom. The molecule has 304 valence electrons. The van der Waals surface area contributed by atoms with E-state index in [1.165, 1.54) is 83.5 Å². The topological polar surface area (TPSA) is 134 Å². The van der Waals surface area contributed by atoms with Crippen molar-refractivity contribution in [3.05, 3.63) is 24.3 Å². The number of carbonyl (C=O) groups is 2. The van der Waals surface area contributed by atoms with E-state index >= 15 is 0 Å². The molecule has 0 amide bonds. The molecule has 1 saturated carbocycles. The molecule has 0 aliphatic heterocycles. The van der Waals surface area contributed by atoms with E-state index in [0.29, 0.717) is 38.5 Å². The molecule has 1 aliphatic rings. The predicted molar refractivity (Wildman–Crippen MR) is 212 cm³/mol. The van der Waals surface area contributed by atoms with Gasteiger partial charge in [-0.05, 0) is 43.9 Å². The van der Waals surface area contributed by atoms with E-state index in [0.717, 1.165) is 44.4 Å². The first-order valence-corrected chi connectivity index (χ1v) is 21.5. The summed E-state index contributed by atoms with van der Waals surface area (Å²) in [6.45, 7) is 6.23. The summed E-state index contributed by atoms with van der Waals surface area (Å²) in [5, 5.41) is 40.7. The molecule has 0 aromatic rings. The van der Waals surface area contributed by atoms with Gasteiger partial charge in [0, 0.05) is 25.2 Å². The molecule has 0 aromatic carbocycles. The average molecular weight is 737 g/mol. The molecule has 1 rings (SSSR count). The van der Waals surface area contributed by atoms with Crippen LogP contribution < -0.4 is 0 Å². The minimum absolute atomic E-state index is 0.119. The fourth-order valence-corrected chi connectivity index (χ4v) is 7.11. The van der Waals surface area contributed by atoms with Gasteiger partial charge in [0.25, 0.3) is 0 Å². The number of rotatable bonds is 34. The Balaban J connectivity index is 2.07. The molecule has 0 radical (unpaired) electrons. The maximum atomic E-state index is 12.2. The molecule has 0 bridgehead atoms. The van der Waals surface area contributed by atoms with Crippen LogP contribution in [0.4, 0.5) is 0 Å². The van der Waals surface area contributed by atoms with Crippen LogP contribution in [0.1, 0.15) is 188 Å². The summed E-state index contributed by atoms with van der Waals surface area (Å²) in [6, 6.07) is 0. The first-order chi connectivity index (χ1) is 25.2. The third kappa shape index (κ3) is 25.3. The number of carbonyl (C=O) groups excluding carboxylic acids is 2. The number of aliphatic hydroxyl groups is 4. The van der Waals surface area contributed by atoms with Crippen LogP contribution in [0, 0.1) is 17.8 Å². The van der Waals surface area contributed by atoms with Crippen LogP contribution in [-0.2, 0) is 19.1 Å². The quantitative estimate of drug-likeness (QED) is 0.0292. The molecule has 1 unspecified atom stereocenters. The third-order valence-corrected chi connectivity index (χ3v) is 10.9. The summed E-state index contributed by atoms with van der Waals surface area (Å²) >= 11 is 0. The van der Waals surface area contributed by atoms with Gasteiger partial charge in [0.1, 0.15) is 6.61 Å². The lowest BCUT2D eigenvalue weighted by Gasteiger charge is -2.19. The first kappa shape index (κ1) is 48.3. The second-order valence-corrected chi connectivity index (χ2v) is 15.6. The van der Waals surface area contributed by atoms with Crippen molar-refractivity contribution >= 4 is 11.9 Å². The molecule has 1 fully saturated rings. The van der Waals surface area contributed by atoms with Crippen LogP contribution >= 0.6 is 0 Å². The van der Waals surface area contributed by atoms with E-state index in [9.17, 15) is 30.0 Å². The molecule has 0 spiro atoms. The van der Waals surface area contributed by atoms with Gasteiger partial charge < -0.3 is 29.9 Å². The highest BCUT2D eigenvalue weighted by atomic mass is 16.6. The SMILES string of the molecule is CCCCC[C@H](O)/C=C/[C@@H]1[C@@H](C/C=C/CCCC(=O)OC[C@H](CO)OC(=O)CCCCCCCCCCCCCCCCC(C)CC)[C@@H](O)C[C@H]1O. The van der Waals surface area contributed by atoms with Gasteiger partial charge in [0.05, 0.1) is 24.9 Å². The van der Waals surface area contributed by atoms with Crippen LogP contribution in [0.15, 0.2) is 24.3 Å². The molecule has 0 saturated heterocycles. The minimum Gasteiger partial charge on any atom is -0.462 e. The van der Waals surface area contributed by atoms with Gasteiger partial charge >= 0.3 is 11.9 Å². The number of allylic oxidation sites excluding steroid dienone is 2. The standard InChI is InChI=1S/C44H80O8/c1-4-6-21-27-37(46)31-32-40-39(41(47)33-42(40)48)28-23-19-20-24-29-43(49)51-35-38(34-45)52-44(50)30-25-18-16-14-12-10-8-7-9-11-13-15-17-22-26-36(3)5-2/h19,23,31-32,36-42,45-48H,4-18,20-22,24-30,33-35H2,1-3H3/b23-19+,32-31+/t36?,37-,38-,39+,40+,41-,42+/m0/s1. The zero-order chi connectivity index (χ0) is 38.2. The highest BCUT2D eigenvalue weighted by Crippen LogP contribution is 2.36. The monoisotopic (exact) mass is 737 g/mol. The zero-order valence-corrected chi connectivity index (χ0v) is 33.6. The molecule has 8 heteroatoms. The van der Waals surface area contributed by atoms with Crippen molar-refractivity contribution in [2.45, 2.75) is 212 Å². The first-order valence-electron chi connectivity index (χ1n) is 21.5. The van der Waals surface area contributed by atoms with Gasteiger partial charge in [0.15, 0.2) is 6.10 Å². The van der Waals surface area contributed by atoms with Crippen molar-refractivity contribution in [1.82, 2.24) is 0 Å². The van der Waals surface area contributed by atoms with Crippen LogP contribution in [0.5, 0.6) is 0 Å². The lowest BCUT2D eigenvalue weighted by Crippen LogP contribution is -2.28. The fraction of sp³-hybridized carbons (Fsp3) is 0.864. The van der Waals surface area contributed by atoms with Gasteiger partial charge in [-0.1, -0.05) is 161 Å². The Morgan fingerprint density at radius 2 is 1.31 bits per heavy atom. The number of aliphatic hydroxyl groups excluding tert-OH is 4. The number of ether oxygens (including phenoxy) is 2. The van der Waals surface area contributed by atoms with Gasteiger partial charge in [-0.2, -0.15) is 0 Å². The molecule has 0 heterocycles. The Kier molecular flexibility index (Phi) is 30.3. The van der Waals surface area contributed by atoms with Crippen molar-refractivity contribution in [3.63, 3.8) is 0 Å².